The predicted octanol–water partition coefficient (Wildman–Crippen LogP) is 3.59. The predicted molar refractivity (Wildman–Crippen MR) is 76.6 cm³/mol. The van der Waals surface area contributed by atoms with Crippen LogP contribution in [0.25, 0.3) is 11.0 Å². The van der Waals surface area contributed by atoms with E-state index in [0.717, 1.165) is 32.2 Å². The van der Waals surface area contributed by atoms with Crippen LogP contribution in [-0.4, -0.2) is 4.57 Å². The van der Waals surface area contributed by atoms with Crippen molar-refractivity contribution in [2.45, 2.75) is 52.1 Å². The first-order valence-electron chi connectivity index (χ1n) is 7.20. The Bertz CT molecular complexity index is 577. The van der Waals surface area contributed by atoms with Gasteiger partial charge in [0.25, 0.3) is 0 Å². The number of hydrogen-bond donors (Lipinski definition) is 0. The van der Waals surface area contributed by atoms with Crippen molar-refractivity contribution < 1.29 is 4.57 Å². The second-order valence-electron chi connectivity index (χ2n) is 4.99. The maximum Gasteiger partial charge on any atom is 0.245 e. The number of hydrogen-bond acceptors (Lipinski definition) is 1. The van der Waals surface area contributed by atoms with E-state index in [1.165, 1.54) is 11.0 Å². The lowest BCUT2D eigenvalue weighted by atomic mass is 10.1. The third-order valence-electron chi connectivity index (χ3n) is 3.51. The highest BCUT2D eigenvalue weighted by molar-refractivity contribution is 5.71. The van der Waals surface area contributed by atoms with Crippen LogP contribution in [0.3, 0.4) is 0 Å². The van der Waals surface area contributed by atoms with Crippen LogP contribution in [0.5, 0.6) is 0 Å². The molecular weight excluding hydrogens is 234 g/mol. The number of imidazole rings is 1. The highest BCUT2D eigenvalue weighted by Crippen LogP contribution is 2.20. The zero-order valence-corrected chi connectivity index (χ0v) is 11.8. The topological polar surface area (TPSA) is 32.6 Å². The average molecular weight is 256 g/mol. The van der Waals surface area contributed by atoms with Gasteiger partial charge in [-0.25, -0.2) is 9.13 Å². The summed E-state index contributed by atoms with van der Waals surface area (Å²) in [5.41, 5.74) is 2.39. The van der Waals surface area contributed by atoms with E-state index >= 15 is 0 Å². The summed E-state index contributed by atoms with van der Waals surface area (Å²) < 4.78 is 4.40. The normalized spacial score (nSPS) is 12.5. The summed E-state index contributed by atoms with van der Waals surface area (Å²) in [5, 5.41) is 9.42. The minimum absolute atomic E-state index is 0.0528. The number of aryl methyl sites for hydroxylation is 1. The minimum Gasteiger partial charge on any atom is -0.230 e. The summed E-state index contributed by atoms with van der Waals surface area (Å²) in [6, 6.07) is 10.7. The lowest BCUT2D eigenvalue weighted by Gasteiger charge is -2.04. The first kappa shape index (κ1) is 13.6. The van der Waals surface area contributed by atoms with Crippen LogP contribution < -0.4 is 4.57 Å². The maximum atomic E-state index is 9.42. The van der Waals surface area contributed by atoms with Gasteiger partial charge in [0.2, 0.25) is 6.33 Å². The monoisotopic (exact) mass is 256 g/mol. The number of rotatable bonds is 6. The number of para-hydroxylation sites is 2. The molecule has 0 fully saturated rings. The van der Waals surface area contributed by atoms with E-state index in [9.17, 15) is 5.26 Å². The fraction of sp³-hybridized carbons (Fsp3) is 0.500. The summed E-state index contributed by atoms with van der Waals surface area (Å²) in [7, 11) is 0. The van der Waals surface area contributed by atoms with Gasteiger partial charge in [0.05, 0.1) is 6.54 Å². The van der Waals surface area contributed by atoms with Gasteiger partial charge in [-0.15, -0.1) is 0 Å². The van der Waals surface area contributed by atoms with Crippen LogP contribution in [0.1, 0.15) is 45.6 Å². The molecule has 0 radical (unpaired) electrons. The summed E-state index contributed by atoms with van der Waals surface area (Å²) in [6.45, 7) is 5.34. The summed E-state index contributed by atoms with van der Waals surface area (Å²) in [5.74, 6) is 0. The Morgan fingerprint density at radius 2 is 2.05 bits per heavy atom. The van der Waals surface area contributed by atoms with Gasteiger partial charge in [-0.05, 0) is 25.0 Å². The Balaban J connectivity index is 2.44. The molecule has 2 rings (SSSR count). The highest BCUT2D eigenvalue weighted by atomic mass is 15.1. The van der Waals surface area contributed by atoms with E-state index in [2.05, 4.69) is 53.6 Å². The molecular formula is C16H22N3+. The van der Waals surface area contributed by atoms with E-state index in [-0.39, 0.29) is 6.04 Å². The number of nitriles is 1. The highest BCUT2D eigenvalue weighted by Gasteiger charge is 2.21. The molecule has 19 heavy (non-hydrogen) atoms. The quantitative estimate of drug-likeness (QED) is 0.727. The van der Waals surface area contributed by atoms with Gasteiger partial charge in [0, 0.05) is 6.42 Å². The number of unbranched alkanes of at least 4 members (excludes halogenated alkanes) is 1. The third-order valence-corrected chi connectivity index (χ3v) is 3.51. The molecule has 1 aromatic carbocycles. The van der Waals surface area contributed by atoms with Crippen molar-refractivity contribution in [2.75, 3.05) is 0 Å². The lowest BCUT2D eigenvalue weighted by Crippen LogP contribution is -2.31. The van der Waals surface area contributed by atoms with Gasteiger partial charge in [-0.1, -0.05) is 32.4 Å². The second kappa shape index (κ2) is 6.38. The van der Waals surface area contributed by atoms with E-state index in [0.29, 0.717) is 0 Å². The van der Waals surface area contributed by atoms with Crippen molar-refractivity contribution in [3.63, 3.8) is 0 Å². The van der Waals surface area contributed by atoms with Crippen LogP contribution in [0.2, 0.25) is 0 Å². The van der Waals surface area contributed by atoms with Crippen LogP contribution in [0, 0.1) is 11.3 Å². The molecule has 0 saturated carbocycles. The molecule has 1 atom stereocenters. The van der Waals surface area contributed by atoms with Gasteiger partial charge in [-0.3, -0.25) is 0 Å². The molecule has 0 aliphatic rings. The number of nitrogens with zero attached hydrogens (tertiary/aromatic N) is 3. The van der Waals surface area contributed by atoms with Gasteiger partial charge in [0.1, 0.15) is 6.07 Å². The van der Waals surface area contributed by atoms with Gasteiger partial charge in [0.15, 0.2) is 17.1 Å². The SMILES string of the molecule is CCCCC(C#N)n1c[n+](CCC)c2ccccc21. The van der Waals surface area contributed by atoms with Crippen molar-refractivity contribution in [3.8, 4) is 6.07 Å². The molecule has 0 saturated heterocycles. The molecule has 0 amide bonds. The standard InChI is InChI=1S/C16H22N3/c1-3-5-8-14(12-17)19-13-18(11-4-2)15-9-6-7-10-16(15)19/h6-7,9-10,13-14H,3-5,8,11H2,1-2H3/q+1. The zero-order valence-electron chi connectivity index (χ0n) is 11.8. The fourth-order valence-electron chi connectivity index (χ4n) is 2.53. The Morgan fingerprint density at radius 3 is 2.74 bits per heavy atom. The maximum absolute atomic E-state index is 9.42. The summed E-state index contributed by atoms with van der Waals surface area (Å²) >= 11 is 0. The van der Waals surface area contributed by atoms with Crippen LogP contribution >= 0.6 is 0 Å². The molecule has 0 N–H and O–H groups in total. The molecule has 1 heterocycles. The van der Waals surface area contributed by atoms with E-state index in [4.69, 9.17) is 0 Å². The fourth-order valence-corrected chi connectivity index (χ4v) is 2.53. The largest absolute Gasteiger partial charge is 0.245 e. The molecule has 1 unspecified atom stereocenters. The lowest BCUT2D eigenvalue weighted by molar-refractivity contribution is -0.672. The van der Waals surface area contributed by atoms with Crippen molar-refractivity contribution in [1.29, 1.82) is 5.26 Å². The van der Waals surface area contributed by atoms with E-state index < -0.39 is 0 Å². The van der Waals surface area contributed by atoms with Crippen molar-refractivity contribution in [1.82, 2.24) is 4.57 Å². The second-order valence-corrected chi connectivity index (χ2v) is 4.99. The first-order chi connectivity index (χ1) is 9.31. The number of fused-ring (bicyclic) bond motifs is 1. The van der Waals surface area contributed by atoms with E-state index in [1.54, 1.807) is 0 Å². The van der Waals surface area contributed by atoms with Gasteiger partial charge >= 0.3 is 0 Å². The van der Waals surface area contributed by atoms with Gasteiger partial charge < -0.3 is 0 Å². The number of aromatic nitrogens is 2. The molecule has 0 aliphatic heterocycles. The number of benzene rings is 1. The van der Waals surface area contributed by atoms with Gasteiger partial charge in [-0.2, -0.15) is 5.26 Å². The molecule has 1 aromatic heterocycles. The van der Waals surface area contributed by atoms with Crippen LogP contribution in [0.15, 0.2) is 30.6 Å². The summed E-state index contributed by atoms with van der Waals surface area (Å²) in [4.78, 5) is 0. The van der Waals surface area contributed by atoms with Crippen LogP contribution in [0.4, 0.5) is 0 Å². The smallest absolute Gasteiger partial charge is 0.230 e. The van der Waals surface area contributed by atoms with Crippen molar-refractivity contribution in [2.24, 2.45) is 0 Å². The third kappa shape index (κ3) is 2.78. The molecule has 2 aromatic rings. The zero-order chi connectivity index (χ0) is 13.7. The summed E-state index contributed by atoms with van der Waals surface area (Å²) in [6.07, 6.45) is 6.37. The Hall–Kier alpha value is -1.82. The Labute approximate surface area is 115 Å². The molecule has 0 spiro atoms. The molecule has 3 nitrogen and oxygen atoms in total. The molecule has 0 bridgehead atoms. The minimum atomic E-state index is -0.0528. The van der Waals surface area contributed by atoms with E-state index in [1.807, 2.05) is 6.07 Å². The van der Waals surface area contributed by atoms with Crippen molar-refractivity contribution >= 4 is 11.0 Å². The van der Waals surface area contributed by atoms with Crippen molar-refractivity contribution in [3.05, 3.63) is 30.6 Å². The Kier molecular flexibility index (Phi) is 4.57. The average Bonchev–Trinajstić information content (AvgIpc) is 2.80. The van der Waals surface area contributed by atoms with Crippen LogP contribution in [-0.2, 0) is 6.54 Å². The first-order valence-corrected chi connectivity index (χ1v) is 7.20. The Morgan fingerprint density at radius 1 is 1.26 bits per heavy atom. The molecule has 3 heteroatoms. The molecule has 0 aliphatic carbocycles. The molecule has 100 valence electrons.